The van der Waals surface area contributed by atoms with E-state index < -0.39 is 10.8 Å². The second kappa shape index (κ2) is 7.56. The monoisotopic (exact) mass is 401 g/mol. The third kappa shape index (κ3) is 3.96. The molecule has 1 saturated heterocycles. The first kappa shape index (κ1) is 18.5. The third-order valence-corrected chi connectivity index (χ3v) is 4.80. The number of benzene rings is 2. The number of para-hydroxylation sites is 1. The highest BCUT2D eigenvalue weighted by Crippen LogP contribution is 2.35. The van der Waals surface area contributed by atoms with E-state index in [1.165, 1.54) is 42.6 Å². The van der Waals surface area contributed by atoms with Crippen molar-refractivity contribution in [3.05, 3.63) is 68.6 Å². The Bertz CT molecular complexity index is 1020. The molecule has 27 heavy (non-hydrogen) atoms. The summed E-state index contributed by atoms with van der Waals surface area (Å²) in [5.74, 6) is -0.817. The fourth-order valence-electron chi connectivity index (χ4n) is 2.24. The van der Waals surface area contributed by atoms with Crippen molar-refractivity contribution in [2.24, 2.45) is 5.10 Å². The van der Waals surface area contributed by atoms with Crippen LogP contribution in [0.2, 0.25) is 0 Å². The molecular formula is C17H11N3O5S2. The van der Waals surface area contributed by atoms with Gasteiger partial charge >= 0.3 is 0 Å². The van der Waals surface area contributed by atoms with E-state index in [1.54, 1.807) is 6.07 Å². The molecule has 0 bridgehead atoms. The van der Waals surface area contributed by atoms with Crippen molar-refractivity contribution in [2.75, 3.05) is 0 Å². The minimum atomic E-state index is -0.543. The molecule has 3 rings (SSSR count). The number of phenolic OH excluding ortho intramolecular Hbond substituents is 2. The normalized spacial score (nSPS) is 15.9. The lowest BCUT2D eigenvalue weighted by Gasteiger charge is -2.06. The number of hydrazone groups is 1. The molecule has 2 aromatic rings. The fourth-order valence-corrected chi connectivity index (χ4v) is 3.40. The molecule has 0 atom stereocenters. The van der Waals surface area contributed by atoms with Crippen LogP contribution in [0, 0.1) is 10.1 Å². The number of thioether (sulfide) groups is 1. The van der Waals surface area contributed by atoms with Crippen molar-refractivity contribution in [3.8, 4) is 11.5 Å². The molecule has 1 heterocycles. The van der Waals surface area contributed by atoms with Gasteiger partial charge in [-0.2, -0.15) is 10.1 Å². The topological polar surface area (TPSA) is 116 Å². The predicted octanol–water partition coefficient (Wildman–Crippen LogP) is 3.24. The van der Waals surface area contributed by atoms with E-state index in [1.807, 2.05) is 0 Å². The van der Waals surface area contributed by atoms with Gasteiger partial charge in [0.25, 0.3) is 11.6 Å². The maximum atomic E-state index is 12.5. The Labute approximate surface area is 162 Å². The molecule has 0 radical (unpaired) electrons. The molecule has 0 aliphatic carbocycles. The molecule has 0 saturated carbocycles. The number of carbonyl (C=O) groups is 1. The molecule has 136 valence electrons. The number of amides is 1. The SMILES string of the molecule is O=C1/C(=C\c2ccc(O)cc2O)SC(=S)N1/N=C/c1ccccc1[N+](=O)[O-]. The van der Waals surface area contributed by atoms with Gasteiger partial charge in [0.05, 0.1) is 21.6 Å². The smallest absolute Gasteiger partial charge is 0.286 e. The highest BCUT2D eigenvalue weighted by Gasteiger charge is 2.32. The quantitative estimate of drug-likeness (QED) is 0.266. The van der Waals surface area contributed by atoms with E-state index >= 15 is 0 Å². The largest absolute Gasteiger partial charge is 0.508 e. The zero-order valence-corrected chi connectivity index (χ0v) is 15.1. The van der Waals surface area contributed by atoms with Crippen LogP contribution in [0.3, 0.4) is 0 Å². The van der Waals surface area contributed by atoms with Crippen LogP contribution >= 0.6 is 24.0 Å². The predicted molar refractivity (Wildman–Crippen MR) is 105 cm³/mol. The zero-order valence-electron chi connectivity index (χ0n) is 13.5. The number of carbonyl (C=O) groups excluding carboxylic acids is 1. The lowest BCUT2D eigenvalue weighted by Crippen LogP contribution is -2.22. The molecular weight excluding hydrogens is 390 g/mol. The van der Waals surface area contributed by atoms with Gasteiger partial charge in [0.2, 0.25) is 0 Å². The maximum Gasteiger partial charge on any atom is 0.286 e. The third-order valence-electron chi connectivity index (χ3n) is 3.52. The Morgan fingerprint density at radius 1 is 1.19 bits per heavy atom. The summed E-state index contributed by atoms with van der Waals surface area (Å²) in [6, 6.07) is 9.96. The molecule has 2 N–H and O–H groups in total. The molecule has 1 amide bonds. The van der Waals surface area contributed by atoms with Gasteiger partial charge in [-0.15, -0.1) is 0 Å². The van der Waals surface area contributed by atoms with Gasteiger partial charge < -0.3 is 10.2 Å². The Morgan fingerprint density at radius 2 is 1.93 bits per heavy atom. The van der Waals surface area contributed by atoms with Crippen molar-refractivity contribution < 1.29 is 19.9 Å². The average Bonchev–Trinajstić information content (AvgIpc) is 2.89. The molecule has 1 fully saturated rings. The first-order valence-electron chi connectivity index (χ1n) is 7.44. The van der Waals surface area contributed by atoms with Crippen LogP contribution in [0.15, 0.2) is 52.5 Å². The van der Waals surface area contributed by atoms with Crippen LogP contribution in [0.4, 0.5) is 5.69 Å². The number of nitrogens with zero attached hydrogens (tertiary/aromatic N) is 3. The van der Waals surface area contributed by atoms with Gasteiger partial charge in [-0.1, -0.05) is 23.9 Å². The molecule has 8 nitrogen and oxygen atoms in total. The number of nitro groups is 1. The molecule has 10 heteroatoms. The van der Waals surface area contributed by atoms with Gasteiger partial charge in [-0.3, -0.25) is 14.9 Å². The van der Waals surface area contributed by atoms with Gasteiger partial charge in [-0.25, -0.2) is 0 Å². The molecule has 1 aliphatic heterocycles. The van der Waals surface area contributed by atoms with Crippen LogP contribution in [0.1, 0.15) is 11.1 Å². The zero-order chi connectivity index (χ0) is 19.6. The standard InChI is InChI=1S/C17H11N3O5S2/c21-12-6-5-10(14(22)8-12)7-15-16(23)19(17(26)27-15)18-9-11-3-1-2-4-13(11)20(24)25/h1-9,21-22H/b15-7+,18-9+. The first-order chi connectivity index (χ1) is 12.9. The van der Waals surface area contributed by atoms with Crippen molar-refractivity contribution in [2.45, 2.75) is 0 Å². The summed E-state index contributed by atoms with van der Waals surface area (Å²) in [7, 11) is 0. The van der Waals surface area contributed by atoms with E-state index in [-0.39, 0.29) is 32.0 Å². The van der Waals surface area contributed by atoms with Gasteiger partial charge in [-0.05, 0) is 36.5 Å². The summed E-state index contributed by atoms with van der Waals surface area (Å²) in [4.78, 5) is 23.2. The molecule has 1 aliphatic rings. The number of phenols is 2. The van der Waals surface area contributed by atoms with Crippen molar-refractivity contribution in [3.63, 3.8) is 0 Å². The Kier molecular flexibility index (Phi) is 5.19. The molecule has 0 aromatic heterocycles. The van der Waals surface area contributed by atoms with Crippen LogP contribution in [-0.4, -0.2) is 36.6 Å². The Balaban J connectivity index is 1.87. The molecule has 0 unspecified atom stereocenters. The van der Waals surface area contributed by atoms with Crippen molar-refractivity contribution >= 4 is 52.2 Å². The summed E-state index contributed by atoms with van der Waals surface area (Å²) in [6.45, 7) is 0. The van der Waals surface area contributed by atoms with Gasteiger partial charge in [0.1, 0.15) is 11.5 Å². The minimum absolute atomic E-state index is 0.105. The van der Waals surface area contributed by atoms with Crippen LogP contribution in [-0.2, 0) is 4.79 Å². The van der Waals surface area contributed by atoms with Gasteiger partial charge in [0, 0.05) is 17.7 Å². The van der Waals surface area contributed by atoms with E-state index in [0.717, 1.165) is 22.8 Å². The van der Waals surface area contributed by atoms with E-state index in [2.05, 4.69) is 5.10 Å². The first-order valence-corrected chi connectivity index (χ1v) is 8.66. The molecule has 0 spiro atoms. The second-order valence-electron chi connectivity index (χ2n) is 5.30. The summed E-state index contributed by atoms with van der Waals surface area (Å²) in [6.07, 6.45) is 2.62. The number of thiocarbonyl (C=S) groups is 1. The maximum absolute atomic E-state index is 12.5. The summed E-state index contributed by atoms with van der Waals surface area (Å²) < 4.78 is 0.152. The average molecular weight is 401 g/mol. The number of nitro benzene ring substituents is 1. The van der Waals surface area contributed by atoms with Gasteiger partial charge in [0.15, 0.2) is 4.32 Å². The Hall–Kier alpha value is -3.24. The lowest BCUT2D eigenvalue weighted by molar-refractivity contribution is -0.385. The van der Waals surface area contributed by atoms with E-state index in [4.69, 9.17) is 12.2 Å². The van der Waals surface area contributed by atoms with E-state index in [9.17, 15) is 25.1 Å². The highest BCUT2D eigenvalue weighted by atomic mass is 32.2. The number of hydrogen-bond acceptors (Lipinski definition) is 8. The molecule has 2 aromatic carbocycles. The number of aromatic hydroxyl groups is 2. The summed E-state index contributed by atoms with van der Waals surface area (Å²) >= 11 is 6.12. The van der Waals surface area contributed by atoms with E-state index in [0.29, 0.717) is 5.56 Å². The highest BCUT2D eigenvalue weighted by molar-refractivity contribution is 8.26. The second-order valence-corrected chi connectivity index (χ2v) is 6.97. The van der Waals surface area contributed by atoms with Crippen LogP contribution < -0.4 is 0 Å². The van der Waals surface area contributed by atoms with Crippen LogP contribution in [0.25, 0.3) is 6.08 Å². The number of rotatable bonds is 4. The number of hydrogen-bond donors (Lipinski definition) is 2. The van der Waals surface area contributed by atoms with Crippen LogP contribution in [0.5, 0.6) is 11.5 Å². The lowest BCUT2D eigenvalue weighted by atomic mass is 10.1. The van der Waals surface area contributed by atoms with Crippen molar-refractivity contribution in [1.82, 2.24) is 5.01 Å². The Morgan fingerprint density at radius 3 is 2.63 bits per heavy atom. The minimum Gasteiger partial charge on any atom is -0.508 e. The fraction of sp³-hybridized carbons (Fsp3) is 0. The summed E-state index contributed by atoms with van der Waals surface area (Å²) in [5.41, 5.74) is 0.420. The van der Waals surface area contributed by atoms with Crippen molar-refractivity contribution in [1.29, 1.82) is 0 Å². The summed E-state index contributed by atoms with van der Waals surface area (Å²) in [5, 5.41) is 35.1.